The normalized spacial score (nSPS) is 13.7. The number of carbonyl (C=O) groups is 1. The van der Waals surface area contributed by atoms with E-state index in [1.54, 1.807) is 38.5 Å². The fraction of sp³-hybridized carbons (Fsp3) is 0.409. The van der Waals surface area contributed by atoms with Gasteiger partial charge in [-0.2, -0.15) is 4.31 Å². The van der Waals surface area contributed by atoms with Crippen LogP contribution in [0.1, 0.15) is 11.1 Å². The lowest BCUT2D eigenvalue weighted by Crippen LogP contribution is -2.41. The van der Waals surface area contributed by atoms with Crippen LogP contribution >= 0.6 is 0 Å². The minimum absolute atomic E-state index is 0.00819. The molecule has 9 nitrogen and oxygen atoms in total. The molecule has 2 aromatic carbocycles. The number of rotatable bonds is 10. The molecule has 1 aliphatic rings. The Balaban J connectivity index is 1.52. The maximum Gasteiger partial charge on any atom is 0.257 e. The van der Waals surface area contributed by atoms with Crippen molar-refractivity contribution in [2.45, 2.75) is 13.0 Å². The molecule has 1 N–H and O–H groups in total. The first-order chi connectivity index (χ1) is 15.4. The van der Waals surface area contributed by atoms with Crippen LogP contribution in [0.4, 0.5) is 0 Å². The van der Waals surface area contributed by atoms with Gasteiger partial charge in [-0.05, 0) is 41.8 Å². The van der Waals surface area contributed by atoms with Gasteiger partial charge < -0.3 is 24.3 Å². The second-order valence-corrected chi connectivity index (χ2v) is 9.25. The van der Waals surface area contributed by atoms with E-state index in [1.165, 1.54) is 11.4 Å². The fourth-order valence-corrected chi connectivity index (χ4v) is 4.80. The SMILES string of the molecule is COc1cc2c(cc1OC)CN(S(=O)(=O)CCNC(=O)COc1ccccc1OC)CC2. The van der Waals surface area contributed by atoms with Gasteiger partial charge >= 0.3 is 0 Å². The number of fused-ring (bicyclic) bond motifs is 1. The minimum Gasteiger partial charge on any atom is -0.493 e. The molecule has 2 aromatic rings. The van der Waals surface area contributed by atoms with E-state index >= 15 is 0 Å². The summed E-state index contributed by atoms with van der Waals surface area (Å²) in [4.78, 5) is 12.1. The molecule has 0 bridgehead atoms. The molecule has 1 aliphatic heterocycles. The van der Waals surface area contributed by atoms with Crippen molar-refractivity contribution in [1.82, 2.24) is 9.62 Å². The molecule has 0 saturated heterocycles. The van der Waals surface area contributed by atoms with Crippen molar-refractivity contribution < 1.29 is 32.2 Å². The van der Waals surface area contributed by atoms with E-state index in [9.17, 15) is 13.2 Å². The molecule has 32 heavy (non-hydrogen) atoms. The molecule has 0 unspecified atom stereocenters. The smallest absolute Gasteiger partial charge is 0.257 e. The molecule has 0 radical (unpaired) electrons. The zero-order valence-electron chi connectivity index (χ0n) is 18.4. The number of hydrogen-bond donors (Lipinski definition) is 1. The molecule has 0 atom stereocenters. The number of carbonyl (C=O) groups excluding carboxylic acids is 1. The number of sulfonamides is 1. The third-order valence-electron chi connectivity index (χ3n) is 5.19. The van der Waals surface area contributed by atoms with Crippen molar-refractivity contribution in [3.8, 4) is 23.0 Å². The van der Waals surface area contributed by atoms with Gasteiger partial charge in [0.15, 0.2) is 29.6 Å². The number of amides is 1. The number of ether oxygens (including phenoxy) is 4. The summed E-state index contributed by atoms with van der Waals surface area (Å²) < 4.78 is 48.3. The van der Waals surface area contributed by atoms with E-state index in [0.29, 0.717) is 36.0 Å². The van der Waals surface area contributed by atoms with Crippen LogP contribution in [-0.4, -0.2) is 65.4 Å². The lowest BCUT2D eigenvalue weighted by atomic mass is 10.0. The topological polar surface area (TPSA) is 103 Å². The highest BCUT2D eigenvalue weighted by molar-refractivity contribution is 7.89. The number of nitrogens with one attached hydrogen (secondary N) is 1. The van der Waals surface area contributed by atoms with E-state index in [0.717, 1.165) is 11.1 Å². The molecule has 10 heteroatoms. The van der Waals surface area contributed by atoms with E-state index in [-0.39, 0.29) is 25.4 Å². The first-order valence-electron chi connectivity index (χ1n) is 10.1. The highest BCUT2D eigenvalue weighted by Gasteiger charge is 2.27. The number of benzene rings is 2. The van der Waals surface area contributed by atoms with Crippen LogP contribution in [0.3, 0.4) is 0 Å². The highest BCUT2D eigenvalue weighted by atomic mass is 32.2. The molecule has 0 aliphatic carbocycles. The molecule has 0 spiro atoms. The fourth-order valence-electron chi connectivity index (χ4n) is 3.48. The van der Waals surface area contributed by atoms with Crippen LogP contribution < -0.4 is 24.3 Å². The Bertz CT molecular complexity index is 1060. The van der Waals surface area contributed by atoms with Gasteiger partial charge in [-0.15, -0.1) is 0 Å². The van der Waals surface area contributed by atoms with Gasteiger partial charge in [-0.3, -0.25) is 4.79 Å². The van der Waals surface area contributed by atoms with Gasteiger partial charge in [0, 0.05) is 19.6 Å². The van der Waals surface area contributed by atoms with Gasteiger partial charge in [-0.1, -0.05) is 12.1 Å². The predicted molar refractivity (Wildman–Crippen MR) is 119 cm³/mol. The van der Waals surface area contributed by atoms with Gasteiger partial charge in [0.2, 0.25) is 10.0 Å². The van der Waals surface area contributed by atoms with Crippen LogP contribution in [-0.2, 0) is 27.8 Å². The first kappa shape index (κ1) is 23.7. The Hall–Kier alpha value is -2.98. The summed E-state index contributed by atoms with van der Waals surface area (Å²) in [5.41, 5.74) is 1.92. The van der Waals surface area contributed by atoms with E-state index < -0.39 is 15.9 Å². The molecule has 0 fully saturated rings. The van der Waals surface area contributed by atoms with Gasteiger partial charge in [0.25, 0.3) is 5.91 Å². The van der Waals surface area contributed by atoms with Gasteiger partial charge in [-0.25, -0.2) is 8.42 Å². The summed E-state index contributed by atoms with van der Waals surface area (Å²) in [7, 11) is 1.08. The van der Waals surface area contributed by atoms with Crippen molar-refractivity contribution in [3.63, 3.8) is 0 Å². The standard InChI is InChI=1S/C22H28N2O7S/c1-28-18-6-4-5-7-19(18)31-15-22(25)23-9-11-32(26,27)24-10-8-16-12-20(29-2)21(30-3)13-17(16)14-24/h4-7,12-13H,8-11,14-15H2,1-3H3,(H,23,25). The molecular weight excluding hydrogens is 436 g/mol. The highest BCUT2D eigenvalue weighted by Crippen LogP contribution is 2.33. The molecule has 0 aromatic heterocycles. The Morgan fingerprint density at radius 3 is 2.25 bits per heavy atom. The second kappa shape index (κ2) is 10.6. The minimum atomic E-state index is -3.55. The van der Waals surface area contributed by atoms with Crippen molar-refractivity contribution in [1.29, 1.82) is 0 Å². The van der Waals surface area contributed by atoms with Crippen molar-refractivity contribution in [2.75, 3.05) is 46.8 Å². The zero-order valence-corrected chi connectivity index (χ0v) is 19.2. The molecule has 3 rings (SSSR count). The first-order valence-corrected chi connectivity index (χ1v) is 11.7. The summed E-state index contributed by atoms with van der Waals surface area (Å²) in [5.74, 6) is 1.54. The summed E-state index contributed by atoms with van der Waals surface area (Å²) in [5, 5.41) is 2.59. The van der Waals surface area contributed by atoms with E-state index in [2.05, 4.69) is 5.32 Å². The number of methoxy groups -OCH3 is 3. The van der Waals surface area contributed by atoms with E-state index in [4.69, 9.17) is 18.9 Å². The van der Waals surface area contributed by atoms with Gasteiger partial charge in [0.1, 0.15) is 0 Å². The van der Waals surface area contributed by atoms with E-state index in [1.807, 2.05) is 12.1 Å². The zero-order chi connectivity index (χ0) is 23.1. The maximum atomic E-state index is 12.8. The lowest BCUT2D eigenvalue weighted by Gasteiger charge is -2.29. The summed E-state index contributed by atoms with van der Waals surface area (Å²) >= 11 is 0. The summed E-state index contributed by atoms with van der Waals surface area (Å²) in [6.07, 6.45) is 0.577. The van der Waals surface area contributed by atoms with Crippen molar-refractivity contribution in [3.05, 3.63) is 47.5 Å². The van der Waals surface area contributed by atoms with Crippen LogP contribution in [0.25, 0.3) is 0 Å². The number of hydrogen-bond acceptors (Lipinski definition) is 7. The summed E-state index contributed by atoms with van der Waals surface area (Å²) in [6, 6.07) is 10.7. The Labute approximate surface area is 188 Å². The maximum absolute atomic E-state index is 12.8. The Morgan fingerprint density at radius 1 is 0.969 bits per heavy atom. The van der Waals surface area contributed by atoms with Crippen molar-refractivity contribution in [2.24, 2.45) is 0 Å². The molecule has 0 saturated carbocycles. The predicted octanol–water partition coefficient (Wildman–Crippen LogP) is 1.60. The lowest BCUT2D eigenvalue weighted by molar-refractivity contribution is -0.122. The van der Waals surface area contributed by atoms with Crippen LogP contribution in [0.15, 0.2) is 36.4 Å². The summed E-state index contributed by atoms with van der Waals surface area (Å²) in [6.45, 7) is 0.378. The third kappa shape index (κ3) is 5.63. The van der Waals surface area contributed by atoms with Crippen LogP contribution in [0, 0.1) is 0 Å². The molecule has 174 valence electrons. The largest absolute Gasteiger partial charge is 0.493 e. The molecular formula is C22H28N2O7S. The Morgan fingerprint density at radius 2 is 1.59 bits per heavy atom. The number of nitrogens with zero attached hydrogens (tertiary/aromatic N) is 1. The second-order valence-electron chi connectivity index (χ2n) is 7.16. The van der Waals surface area contributed by atoms with Gasteiger partial charge in [0.05, 0.1) is 27.1 Å². The average molecular weight is 465 g/mol. The molecule has 1 heterocycles. The third-order valence-corrected chi connectivity index (χ3v) is 7.00. The van der Waals surface area contributed by atoms with Crippen LogP contribution in [0.2, 0.25) is 0 Å². The Kier molecular flexibility index (Phi) is 7.81. The number of para-hydroxylation sites is 2. The quantitative estimate of drug-likeness (QED) is 0.570. The molecule has 1 amide bonds. The monoisotopic (exact) mass is 464 g/mol. The van der Waals surface area contributed by atoms with Crippen LogP contribution in [0.5, 0.6) is 23.0 Å². The average Bonchev–Trinajstić information content (AvgIpc) is 2.81. The van der Waals surface area contributed by atoms with Crippen molar-refractivity contribution >= 4 is 15.9 Å².